The average Bonchev–Trinajstić information content (AvgIpc) is 2.88. The molecule has 146 valence electrons. The molecule has 0 aliphatic carbocycles. The van der Waals surface area contributed by atoms with Crippen LogP contribution in [0.15, 0.2) is 21.9 Å². The van der Waals surface area contributed by atoms with E-state index in [1.807, 2.05) is 4.98 Å². The number of aromatic nitrogens is 2. The summed E-state index contributed by atoms with van der Waals surface area (Å²) in [7, 11) is 0. The van der Waals surface area contributed by atoms with Crippen LogP contribution >= 0.6 is 0 Å². The number of unbranched alkanes of at least 4 members (excludes halogenated alkanes) is 3. The normalized spacial score (nSPS) is 25.3. The van der Waals surface area contributed by atoms with E-state index in [4.69, 9.17) is 15.2 Å². The maximum atomic E-state index is 11.8. The highest BCUT2D eigenvalue weighted by atomic mass is 16.6. The van der Waals surface area contributed by atoms with Crippen LogP contribution in [0, 0.1) is 0 Å². The zero-order valence-electron chi connectivity index (χ0n) is 14.4. The molecule has 1 aliphatic rings. The van der Waals surface area contributed by atoms with E-state index in [1.54, 1.807) is 0 Å². The van der Waals surface area contributed by atoms with Crippen LogP contribution in [0.5, 0.6) is 0 Å². The van der Waals surface area contributed by atoms with Crippen molar-refractivity contribution in [3.63, 3.8) is 0 Å². The number of aliphatic hydroxyl groups excluding tert-OH is 2. The lowest BCUT2D eigenvalue weighted by Crippen LogP contribution is -2.37. The number of nitrogens with two attached hydrogens (primary N) is 1. The second-order valence-electron chi connectivity index (χ2n) is 6.20. The first-order valence-electron chi connectivity index (χ1n) is 8.63. The topological polar surface area (TPSA) is 157 Å². The number of esters is 1. The molecule has 0 radical (unpaired) electrons. The van der Waals surface area contributed by atoms with Crippen molar-refractivity contribution in [2.75, 3.05) is 13.2 Å². The number of H-pyrrole nitrogens is 1. The van der Waals surface area contributed by atoms with Gasteiger partial charge < -0.3 is 25.4 Å². The molecule has 4 atom stereocenters. The summed E-state index contributed by atoms with van der Waals surface area (Å²) in [5.41, 5.74) is 4.03. The van der Waals surface area contributed by atoms with E-state index in [0.29, 0.717) is 13.0 Å². The molecule has 2 rings (SSSR count). The highest BCUT2D eigenvalue weighted by Crippen LogP contribution is 2.28. The maximum absolute atomic E-state index is 11.8. The van der Waals surface area contributed by atoms with Gasteiger partial charge in [0.1, 0.15) is 24.9 Å². The van der Waals surface area contributed by atoms with E-state index in [2.05, 4.69) is 0 Å². The fourth-order valence-corrected chi connectivity index (χ4v) is 2.74. The number of rotatable bonds is 9. The number of ether oxygens (including phenoxy) is 2. The van der Waals surface area contributed by atoms with Crippen LogP contribution in [0.2, 0.25) is 0 Å². The molecule has 10 nitrogen and oxygen atoms in total. The number of hydrogen-bond donors (Lipinski definition) is 4. The van der Waals surface area contributed by atoms with Crippen molar-refractivity contribution >= 4 is 5.97 Å². The molecule has 10 heteroatoms. The average molecular weight is 371 g/mol. The zero-order chi connectivity index (χ0) is 19.1. The van der Waals surface area contributed by atoms with E-state index >= 15 is 0 Å². The van der Waals surface area contributed by atoms with Gasteiger partial charge in [-0.2, -0.15) is 0 Å². The van der Waals surface area contributed by atoms with Crippen LogP contribution in [0.25, 0.3) is 0 Å². The Morgan fingerprint density at radius 1 is 1.23 bits per heavy atom. The minimum Gasteiger partial charge on any atom is -0.463 e. The van der Waals surface area contributed by atoms with E-state index in [1.165, 1.54) is 0 Å². The van der Waals surface area contributed by atoms with Gasteiger partial charge in [-0.25, -0.2) is 4.79 Å². The fourth-order valence-electron chi connectivity index (χ4n) is 2.74. The SMILES string of the molecule is NCCCCCCC(=O)OC[C@H]1O[C@@H](n2ccc(=O)[nH]c2=O)[C@H](O)[C@@H]1O. The molecule has 0 unspecified atom stereocenters. The third-order valence-corrected chi connectivity index (χ3v) is 4.21. The minimum absolute atomic E-state index is 0.242. The maximum Gasteiger partial charge on any atom is 0.330 e. The van der Waals surface area contributed by atoms with Crippen molar-refractivity contribution in [2.45, 2.75) is 56.6 Å². The molecule has 0 aromatic carbocycles. The first kappa shape index (κ1) is 20.3. The number of carbonyl (C=O) groups is 1. The van der Waals surface area contributed by atoms with Gasteiger partial charge in [0, 0.05) is 18.7 Å². The Balaban J connectivity index is 1.84. The third-order valence-electron chi connectivity index (χ3n) is 4.21. The molecule has 1 fully saturated rings. The van der Waals surface area contributed by atoms with Gasteiger partial charge in [0.05, 0.1) is 0 Å². The molecule has 1 aliphatic heterocycles. The van der Waals surface area contributed by atoms with Crippen molar-refractivity contribution < 1.29 is 24.5 Å². The quantitative estimate of drug-likeness (QED) is 0.305. The number of nitrogens with one attached hydrogen (secondary N) is 1. The lowest BCUT2D eigenvalue weighted by Gasteiger charge is -2.16. The summed E-state index contributed by atoms with van der Waals surface area (Å²) in [5.74, 6) is -0.423. The molecule has 0 amide bonds. The lowest BCUT2D eigenvalue weighted by molar-refractivity contribution is -0.150. The Morgan fingerprint density at radius 3 is 2.65 bits per heavy atom. The summed E-state index contributed by atoms with van der Waals surface area (Å²) in [4.78, 5) is 36.7. The van der Waals surface area contributed by atoms with Gasteiger partial charge in [-0.15, -0.1) is 0 Å². The predicted molar refractivity (Wildman–Crippen MR) is 90.3 cm³/mol. The molecule has 1 aromatic rings. The highest BCUT2D eigenvalue weighted by Gasteiger charge is 2.44. The number of aliphatic hydroxyl groups is 2. The van der Waals surface area contributed by atoms with Gasteiger partial charge >= 0.3 is 11.7 Å². The molecule has 1 saturated heterocycles. The van der Waals surface area contributed by atoms with Crippen LogP contribution in [0.3, 0.4) is 0 Å². The van der Waals surface area contributed by atoms with Crippen molar-refractivity contribution in [1.29, 1.82) is 0 Å². The summed E-state index contributed by atoms with van der Waals surface area (Å²) >= 11 is 0. The first-order chi connectivity index (χ1) is 12.4. The summed E-state index contributed by atoms with van der Waals surface area (Å²) in [5, 5.41) is 20.1. The zero-order valence-corrected chi connectivity index (χ0v) is 14.4. The Kier molecular flexibility index (Phi) is 7.51. The number of carbonyl (C=O) groups excluding carboxylic acids is 1. The smallest absolute Gasteiger partial charge is 0.330 e. The molecule has 1 aromatic heterocycles. The van der Waals surface area contributed by atoms with Crippen molar-refractivity contribution in [1.82, 2.24) is 9.55 Å². The molecule has 5 N–H and O–H groups in total. The highest BCUT2D eigenvalue weighted by molar-refractivity contribution is 5.69. The molecular weight excluding hydrogens is 346 g/mol. The molecular formula is C16H25N3O7. The molecule has 26 heavy (non-hydrogen) atoms. The molecule has 2 heterocycles. The largest absolute Gasteiger partial charge is 0.463 e. The van der Waals surface area contributed by atoms with Crippen molar-refractivity contribution in [3.05, 3.63) is 33.1 Å². The fraction of sp³-hybridized carbons (Fsp3) is 0.688. The van der Waals surface area contributed by atoms with Crippen LogP contribution < -0.4 is 17.0 Å². The summed E-state index contributed by atoms with van der Waals surface area (Å²) < 4.78 is 11.5. The number of aromatic amines is 1. The van der Waals surface area contributed by atoms with E-state index in [9.17, 15) is 24.6 Å². The van der Waals surface area contributed by atoms with Gasteiger partial charge in [-0.1, -0.05) is 12.8 Å². The lowest BCUT2D eigenvalue weighted by atomic mass is 10.1. The van der Waals surface area contributed by atoms with E-state index in [-0.39, 0.29) is 13.0 Å². The standard InChI is InChI=1S/C16H25N3O7/c17-7-4-2-1-3-5-12(21)25-9-10-13(22)14(23)15(26-10)19-8-6-11(20)18-16(19)24/h6,8,10,13-15,22-23H,1-5,7,9,17H2,(H,18,20,24)/t10-,13-,14-,15-/m1/s1. The molecule has 0 saturated carbocycles. The Labute approximate surface area is 149 Å². The van der Waals surface area contributed by atoms with Crippen LogP contribution in [-0.4, -0.2) is 57.2 Å². The Morgan fingerprint density at radius 2 is 1.96 bits per heavy atom. The van der Waals surface area contributed by atoms with Gasteiger partial charge in [-0.05, 0) is 19.4 Å². The second-order valence-corrected chi connectivity index (χ2v) is 6.20. The first-order valence-corrected chi connectivity index (χ1v) is 8.63. The third kappa shape index (κ3) is 5.24. The number of hydrogen-bond acceptors (Lipinski definition) is 8. The monoisotopic (exact) mass is 371 g/mol. The van der Waals surface area contributed by atoms with E-state index < -0.39 is 41.8 Å². The molecule has 0 spiro atoms. The molecule has 0 bridgehead atoms. The van der Waals surface area contributed by atoms with Gasteiger partial charge in [0.15, 0.2) is 6.23 Å². The van der Waals surface area contributed by atoms with Gasteiger partial charge in [-0.3, -0.25) is 19.1 Å². The Hall–Kier alpha value is -2.01. The minimum atomic E-state index is -1.40. The summed E-state index contributed by atoms with van der Waals surface area (Å²) in [6.07, 6.45) is -0.0539. The van der Waals surface area contributed by atoms with Crippen molar-refractivity contribution in [2.24, 2.45) is 5.73 Å². The summed E-state index contributed by atoms with van der Waals surface area (Å²) in [6, 6.07) is 1.10. The van der Waals surface area contributed by atoms with Crippen molar-refractivity contribution in [3.8, 4) is 0 Å². The predicted octanol–water partition coefficient (Wildman–Crippen LogP) is -1.39. The Bertz CT molecular complexity index is 702. The second kappa shape index (κ2) is 9.62. The number of nitrogens with zero attached hydrogens (tertiary/aromatic N) is 1. The van der Waals surface area contributed by atoms with Crippen LogP contribution in [0.4, 0.5) is 0 Å². The van der Waals surface area contributed by atoms with Gasteiger partial charge in [0.25, 0.3) is 5.56 Å². The van der Waals surface area contributed by atoms with E-state index in [0.717, 1.165) is 36.1 Å². The van der Waals surface area contributed by atoms with Gasteiger partial charge in [0.2, 0.25) is 0 Å². The van der Waals surface area contributed by atoms with Crippen LogP contribution in [0.1, 0.15) is 38.3 Å². The summed E-state index contributed by atoms with van der Waals surface area (Å²) in [6.45, 7) is 0.387. The van der Waals surface area contributed by atoms with Crippen LogP contribution in [-0.2, 0) is 14.3 Å².